The molecule has 2 N–H and O–H groups in total. The highest BCUT2D eigenvalue weighted by atomic mass is 32.2. The quantitative estimate of drug-likeness (QED) is 0.489. The molecule has 2 rings (SSSR count). The number of nitrogens with one attached hydrogen (secondary N) is 1. The van der Waals surface area contributed by atoms with Crippen molar-refractivity contribution in [3.63, 3.8) is 0 Å². The number of aryl methyl sites for hydroxylation is 4. The molecule has 0 amide bonds. The van der Waals surface area contributed by atoms with Crippen LogP contribution in [0.2, 0.25) is 0 Å². The summed E-state index contributed by atoms with van der Waals surface area (Å²) in [6, 6.07) is 11.4. The van der Waals surface area contributed by atoms with Gasteiger partial charge >= 0.3 is 5.97 Å². The molecule has 27 heavy (non-hydrogen) atoms. The predicted octanol–water partition coefficient (Wildman–Crippen LogP) is 3.70. The van der Waals surface area contributed by atoms with Crippen LogP contribution in [-0.2, 0) is 21.2 Å². The first-order valence-corrected chi connectivity index (χ1v) is 11.2. The lowest BCUT2D eigenvalue weighted by molar-refractivity contribution is -0.136. The molecule has 0 aliphatic heterocycles. The number of benzene rings is 2. The SMILES string of the molecule is Cc1cc(C)c(S(=O)(=O)NCCSc2ccc(CCC(=O)O)cc2)c(C)c1. The van der Waals surface area contributed by atoms with Crippen molar-refractivity contribution in [3.8, 4) is 0 Å². The van der Waals surface area contributed by atoms with Gasteiger partial charge in [0, 0.05) is 23.6 Å². The van der Waals surface area contributed by atoms with Gasteiger partial charge in [0.2, 0.25) is 10.0 Å². The fourth-order valence-electron chi connectivity index (χ4n) is 3.01. The van der Waals surface area contributed by atoms with Crippen LogP contribution in [0.5, 0.6) is 0 Å². The Kier molecular flexibility index (Phi) is 7.47. The summed E-state index contributed by atoms with van der Waals surface area (Å²) in [5.41, 5.74) is 3.54. The molecular weight excluding hydrogens is 382 g/mol. The van der Waals surface area contributed by atoms with Gasteiger partial charge in [-0.2, -0.15) is 0 Å². The molecule has 0 radical (unpaired) electrons. The summed E-state index contributed by atoms with van der Waals surface area (Å²) in [6.45, 7) is 5.92. The molecule has 0 bridgehead atoms. The first kappa shape index (κ1) is 21.5. The molecule has 0 heterocycles. The molecule has 2 aromatic rings. The normalized spacial score (nSPS) is 11.5. The number of carboxylic acids is 1. The zero-order chi connectivity index (χ0) is 20.0. The minimum Gasteiger partial charge on any atom is -0.481 e. The summed E-state index contributed by atoms with van der Waals surface area (Å²) in [5, 5.41) is 8.71. The monoisotopic (exact) mass is 407 g/mol. The van der Waals surface area contributed by atoms with Crippen molar-refractivity contribution < 1.29 is 18.3 Å². The van der Waals surface area contributed by atoms with E-state index in [0.29, 0.717) is 23.6 Å². The lowest BCUT2D eigenvalue weighted by Crippen LogP contribution is -2.27. The van der Waals surface area contributed by atoms with Crippen LogP contribution in [0.15, 0.2) is 46.2 Å². The Morgan fingerprint density at radius 2 is 1.67 bits per heavy atom. The van der Waals surface area contributed by atoms with Crippen molar-refractivity contribution in [2.75, 3.05) is 12.3 Å². The van der Waals surface area contributed by atoms with Crippen LogP contribution < -0.4 is 4.72 Å². The average molecular weight is 408 g/mol. The number of hydrogen-bond acceptors (Lipinski definition) is 4. The van der Waals surface area contributed by atoms with Gasteiger partial charge in [0.1, 0.15) is 0 Å². The number of aliphatic carboxylic acids is 1. The lowest BCUT2D eigenvalue weighted by Gasteiger charge is -2.13. The van der Waals surface area contributed by atoms with Gasteiger partial charge in [-0.1, -0.05) is 29.8 Å². The summed E-state index contributed by atoms with van der Waals surface area (Å²) in [7, 11) is -3.53. The number of thioether (sulfide) groups is 1. The third kappa shape index (κ3) is 6.37. The summed E-state index contributed by atoms with van der Waals surface area (Å²) in [6.07, 6.45) is 0.626. The Morgan fingerprint density at radius 3 is 2.22 bits per heavy atom. The van der Waals surface area contributed by atoms with Crippen LogP contribution >= 0.6 is 11.8 Å². The Hall–Kier alpha value is -1.83. The molecular formula is C20H25NO4S2. The molecule has 0 aromatic heterocycles. The van der Waals surface area contributed by atoms with E-state index in [1.165, 1.54) is 0 Å². The van der Waals surface area contributed by atoms with Gasteiger partial charge in [-0.05, 0) is 56.0 Å². The number of hydrogen-bond donors (Lipinski definition) is 2. The molecule has 0 spiro atoms. The van der Waals surface area contributed by atoms with Gasteiger partial charge < -0.3 is 5.11 Å². The molecule has 0 aliphatic rings. The van der Waals surface area contributed by atoms with E-state index in [1.807, 2.05) is 57.2 Å². The van der Waals surface area contributed by atoms with Gasteiger partial charge in [0.25, 0.3) is 0 Å². The smallest absolute Gasteiger partial charge is 0.303 e. The van der Waals surface area contributed by atoms with E-state index in [0.717, 1.165) is 27.1 Å². The molecule has 0 atom stereocenters. The number of carbonyl (C=O) groups is 1. The standard InChI is InChI=1S/C20H25NO4S2/c1-14-12-15(2)20(16(3)13-14)27(24,25)21-10-11-26-18-7-4-17(5-8-18)6-9-19(22)23/h4-5,7-8,12-13,21H,6,9-11H2,1-3H3,(H,22,23). The zero-order valence-corrected chi connectivity index (χ0v) is 17.4. The molecule has 2 aromatic carbocycles. The van der Waals surface area contributed by atoms with Gasteiger partial charge in [-0.3, -0.25) is 4.79 Å². The summed E-state index contributed by atoms with van der Waals surface area (Å²) in [5.74, 6) is -0.197. The largest absolute Gasteiger partial charge is 0.481 e. The second-order valence-corrected chi connectivity index (χ2v) is 9.38. The van der Waals surface area contributed by atoms with Crippen LogP contribution in [-0.4, -0.2) is 31.8 Å². The van der Waals surface area contributed by atoms with Crippen LogP contribution in [0, 0.1) is 20.8 Å². The minimum atomic E-state index is -3.53. The maximum absolute atomic E-state index is 12.6. The second kappa shape index (κ2) is 9.39. The highest BCUT2D eigenvalue weighted by Gasteiger charge is 2.19. The van der Waals surface area contributed by atoms with Crippen molar-refractivity contribution in [3.05, 3.63) is 58.7 Å². The van der Waals surface area contributed by atoms with E-state index < -0.39 is 16.0 Å². The van der Waals surface area contributed by atoms with E-state index in [1.54, 1.807) is 11.8 Å². The van der Waals surface area contributed by atoms with Gasteiger partial charge in [0.05, 0.1) is 4.90 Å². The fraction of sp³-hybridized carbons (Fsp3) is 0.350. The van der Waals surface area contributed by atoms with Crippen LogP contribution in [0.1, 0.15) is 28.7 Å². The Morgan fingerprint density at radius 1 is 1.07 bits per heavy atom. The van der Waals surface area contributed by atoms with E-state index in [4.69, 9.17) is 5.11 Å². The molecule has 5 nitrogen and oxygen atoms in total. The van der Waals surface area contributed by atoms with Gasteiger partial charge in [-0.15, -0.1) is 11.8 Å². The summed E-state index contributed by atoms with van der Waals surface area (Å²) < 4.78 is 27.9. The Labute approximate surface area is 165 Å². The first-order valence-electron chi connectivity index (χ1n) is 8.70. The molecule has 0 saturated carbocycles. The van der Waals surface area contributed by atoms with E-state index in [-0.39, 0.29) is 6.42 Å². The highest BCUT2D eigenvalue weighted by molar-refractivity contribution is 7.99. The third-order valence-electron chi connectivity index (χ3n) is 4.09. The van der Waals surface area contributed by atoms with Crippen LogP contribution in [0.4, 0.5) is 0 Å². The third-order valence-corrected chi connectivity index (χ3v) is 6.87. The molecule has 0 fully saturated rings. The maximum atomic E-state index is 12.6. The first-order chi connectivity index (χ1) is 12.7. The van der Waals surface area contributed by atoms with E-state index in [9.17, 15) is 13.2 Å². The molecule has 0 saturated heterocycles. The second-order valence-electron chi connectivity index (χ2n) is 6.51. The van der Waals surface area contributed by atoms with Crippen molar-refractivity contribution in [1.29, 1.82) is 0 Å². The molecule has 0 unspecified atom stereocenters. The van der Waals surface area contributed by atoms with Gasteiger partial charge in [0.15, 0.2) is 0 Å². The van der Waals surface area contributed by atoms with Crippen molar-refractivity contribution in [2.45, 2.75) is 43.4 Å². The van der Waals surface area contributed by atoms with Crippen molar-refractivity contribution in [2.24, 2.45) is 0 Å². The lowest BCUT2D eigenvalue weighted by atomic mass is 10.1. The average Bonchev–Trinajstić information content (AvgIpc) is 2.56. The molecule has 0 aliphatic carbocycles. The number of rotatable bonds is 9. The van der Waals surface area contributed by atoms with E-state index >= 15 is 0 Å². The maximum Gasteiger partial charge on any atom is 0.303 e. The molecule has 7 heteroatoms. The Balaban J connectivity index is 1.88. The van der Waals surface area contributed by atoms with E-state index in [2.05, 4.69) is 4.72 Å². The zero-order valence-electron chi connectivity index (χ0n) is 15.8. The molecule has 146 valence electrons. The minimum absolute atomic E-state index is 0.117. The van der Waals surface area contributed by atoms with Crippen molar-refractivity contribution in [1.82, 2.24) is 4.72 Å². The van der Waals surface area contributed by atoms with Crippen LogP contribution in [0.3, 0.4) is 0 Å². The number of sulfonamides is 1. The van der Waals surface area contributed by atoms with Crippen molar-refractivity contribution >= 4 is 27.8 Å². The topological polar surface area (TPSA) is 83.5 Å². The highest BCUT2D eigenvalue weighted by Crippen LogP contribution is 2.22. The Bertz CT molecular complexity index is 883. The summed E-state index contributed by atoms with van der Waals surface area (Å²) in [4.78, 5) is 12.0. The van der Waals surface area contributed by atoms with Gasteiger partial charge in [-0.25, -0.2) is 13.1 Å². The summed E-state index contributed by atoms with van der Waals surface area (Å²) >= 11 is 1.56. The predicted molar refractivity (Wildman–Crippen MR) is 109 cm³/mol. The fourth-order valence-corrected chi connectivity index (χ4v) is 5.39. The van der Waals surface area contributed by atoms with Crippen LogP contribution in [0.25, 0.3) is 0 Å². The number of carboxylic acid groups (broad SMARTS) is 1.